The molecule has 0 radical (unpaired) electrons. The van der Waals surface area contributed by atoms with Gasteiger partial charge in [-0.3, -0.25) is 14.5 Å². The molecule has 1 atom stereocenters. The third-order valence-corrected chi connectivity index (χ3v) is 5.08. The van der Waals surface area contributed by atoms with Gasteiger partial charge in [0.15, 0.2) is 5.60 Å². The first-order chi connectivity index (χ1) is 14.3. The van der Waals surface area contributed by atoms with Gasteiger partial charge in [-0.15, -0.1) is 0 Å². The number of hydrogen-bond donors (Lipinski definition) is 2. The number of hydrogen-bond acceptors (Lipinski definition) is 3. The Hall–Kier alpha value is -3.58. The summed E-state index contributed by atoms with van der Waals surface area (Å²) in [6.07, 6.45) is 0. The lowest BCUT2D eigenvalue weighted by Gasteiger charge is -2.24. The predicted octanol–water partition coefficient (Wildman–Crippen LogP) is 3.49. The van der Waals surface area contributed by atoms with E-state index in [4.69, 9.17) is 0 Å². The second kappa shape index (κ2) is 7.35. The van der Waals surface area contributed by atoms with Gasteiger partial charge in [-0.1, -0.05) is 48.0 Å². The highest BCUT2D eigenvalue weighted by atomic mass is 19.1. The second-order valence-corrected chi connectivity index (χ2v) is 7.16. The fourth-order valence-corrected chi connectivity index (χ4v) is 3.67. The zero-order valence-corrected chi connectivity index (χ0v) is 16.0. The zero-order valence-electron chi connectivity index (χ0n) is 16.0. The maximum absolute atomic E-state index is 13.8. The first-order valence-electron chi connectivity index (χ1n) is 9.26. The third kappa shape index (κ3) is 3.23. The Bertz CT molecular complexity index is 1160. The molecule has 0 aliphatic carbocycles. The van der Waals surface area contributed by atoms with E-state index in [-0.39, 0.29) is 5.69 Å². The topological polar surface area (TPSA) is 69.6 Å². The highest BCUT2D eigenvalue weighted by molar-refractivity contribution is 6.12. The van der Waals surface area contributed by atoms with Crippen molar-refractivity contribution >= 4 is 23.2 Å². The number of carbonyl (C=O) groups is 2. The number of benzene rings is 3. The summed E-state index contributed by atoms with van der Waals surface area (Å²) in [6.45, 7) is 1.40. The highest BCUT2D eigenvalue weighted by Gasteiger charge is 2.51. The van der Waals surface area contributed by atoms with Gasteiger partial charge in [0.25, 0.3) is 5.91 Å². The van der Waals surface area contributed by atoms with Gasteiger partial charge >= 0.3 is 0 Å². The predicted molar refractivity (Wildman–Crippen MR) is 108 cm³/mol. The smallest absolute Gasteiger partial charge is 0.268 e. The summed E-state index contributed by atoms with van der Waals surface area (Å²) in [7, 11) is 0. The molecule has 0 bridgehead atoms. The number of carbonyl (C=O) groups excluding carboxylic acids is 2. The van der Waals surface area contributed by atoms with E-state index in [1.54, 1.807) is 42.5 Å². The molecule has 3 aromatic carbocycles. The van der Waals surface area contributed by atoms with E-state index < -0.39 is 35.6 Å². The molecular weight excluding hydrogens is 390 g/mol. The molecule has 4 rings (SSSR count). The van der Waals surface area contributed by atoms with Crippen LogP contribution in [0.5, 0.6) is 0 Å². The summed E-state index contributed by atoms with van der Waals surface area (Å²) < 4.78 is 26.9. The molecule has 152 valence electrons. The van der Waals surface area contributed by atoms with Crippen molar-refractivity contribution in [3.05, 3.63) is 95.1 Å². The molecule has 1 heterocycles. The molecular formula is C23H18F2N2O3. The molecule has 30 heavy (non-hydrogen) atoms. The number of fused-ring (bicyclic) bond motifs is 1. The number of aryl methyl sites for hydroxylation is 1. The summed E-state index contributed by atoms with van der Waals surface area (Å²) in [5.41, 5.74) is -0.121. The molecule has 0 saturated carbocycles. The van der Waals surface area contributed by atoms with Crippen LogP contribution in [0.2, 0.25) is 0 Å². The molecule has 0 fully saturated rings. The molecule has 3 aromatic rings. The molecule has 1 aliphatic heterocycles. The average molecular weight is 408 g/mol. The quantitative estimate of drug-likeness (QED) is 0.694. The van der Waals surface area contributed by atoms with Crippen LogP contribution in [0.1, 0.15) is 16.7 Å². The monoisotopic (exact) mass is 408 g/mol. The van der Waals surface area contributed by atoms with Crippen LogP contribution < -0.4 is 10.2 Å². The Labute approximate surface area is 171 Å². The van der Waals surface area contributed by atoms with Gasteiger partial charge in [0, 0.05) is 11.6 Å². The minimum Gasteiger partial charge on any atom is -0.372 e. The zero-order chi connectivity index (χ0) is 21.5. The summed E-state index contributed by atoms with van der Waals surface area (Å²) in [5.74, 6) is -3.05. The van der Waals surface area contributed by atoms with Crippen LogP contribution >= 0.6 is 0 Å². The van der Waals surface area contributed by atoms with E-state index >= 15 is 0 Å². The number of para-hydroxylation sites is 1. The van der Waals surface area contributed by atoms with Gasteiger partial charge < -0.3 is 10.4 Å². The van der Waals surface area contributed by atoms with E-state index in [1.807, 2.05) is 13.0 Å². The maximum Gasteiger partial charge on any atom is 0.268 e. The lowest BCUT2D eigenvalue weighted by molar-refractivity contribution is -0.133. The number of amides is 2. The normalized spacial score (nSPS) is 17.7. The van der Waals surface area contributed by atoms with Crippen LogP contribution in [-0.2, 0) is 15.2 Å². The molecule has 0 saturated heterocycles. The van der Waals surface area contributed by atoms with Gasteiger partial charge in [0.05, 0.1) is 11.4 Å². The Morgan fingerprint density at radius 1 is 1.07 bits per heavy atom. The fourth-order valence-electron chi connectivity index (χ4n) is 3.67. The van der Waals surface area contributed by atoms with Crippen molar-refractivity contribution in [1.82, 2.24) is 0 Å². The van der Waals surface area contributed by atoms with Crippen LogP contribution in [0.4, 0.5) is 20.2 Å². The van der Waals surface area contributed by atoms with Crippen LogP contribution in [-0.4, -0.2) is 23.5 Å². The fraction of sp³-hybridized carbons (Fsp3) is 0.130. The van der Waals surface area contributed by atoms with Crippen LogP contribution in [0.3, 0.4) is 0 Å². The van der Waals surface area contributed by atoms with Gasteiger partial charge in [-0.2, -0.15) is 0 Å². The first kappa shape index (κ1) is 19.7. The number of aliphatic hydroxyl groups is 1. The van der Waals surface area contributed by atoms with E-state index in [0.717, 1.165) is 22.6 Å². The Balaban J connectivity index is 1.66. The van der Waals surface area contributed by atoms with Gasteiger partial charge in [-0.25, -0.2) is 8.78 Å². The number of nitrogens with zero attached hydrogens (tertiary/aromatic N) is 1. The van der Waals surface area contributed by atoms with Crippen molar-refractivity contribution in [2.75, 3.05) is 16.8 Å². The summed E-state index contributed by atoms with van der Waals surface area (Å²) in [6, 6.07) is 16.4. The third-order valence-electron chi connectivity index (χ3n) is 5.08. The van der Waals surface area contributed by atoms with Gasteiger partial charge in [0.2, 0.25) is 5.91 Å². The van der Waals surface area contributed by atoms with Crippen molar-refractivity contribution in [2.24, 2.45) is 0 Å². The number of anilines is 2. The summed E-state index contributed by atoms with van der Waals surface area (Å²) >= 11 is 0. The standard InChI is InChI=1S/C23H18F2N2O3/c1-14-5-4-6-15(11-14)23(30)17-7-2-3-8-20(17)27(22(23)29)13-21(28)26-19-10-9-16(24)12-18(19)25/h2-12,30H,13H2,1H3,(H,26,28). The number of nitrogens with one attached hydrogen (secondary N) is 1. The molecule has 2 amide bonds. The van der Waals surface area contributed by atoms with Crippen molar-refractivity contribution < 1.29 is 23.5 Å². The minimum atomic E-state index is -1.94. The molecule has 7 heteroatoms. The van der Waals surface area contributed by atoms with Crippen molar-refractivity contribution in [2.45, 2.75) is 12.5 Å². The van der Waals surface area contributed by atoms with E-state index in [1.165, 1.54) is 0 Å². The molecule has 0 spiro atoms. The molecule has 2 N–H and O–H groups in total. The molecule has 0 aromatic heterocycles. The van der Waals surface area contributed by atoms with Gasteiger partial charge in [-0.05, 0) is 30.7 Å². The first-order valence-corrected chi connectivity index (χ1v) is 9.26. The summed E-state index contributed by atoms with van der Waals surface area (Å²) in [4.78, 5) is 26.9. The molecule has 1 aliphatic rings. The van der Waals surface area contributed by atoms with Crippen LogP contribution in [0.25, 0.3) is 0 Å². The SMILES string of the molecule is Cc1cccc(C2(O)C(=O)N(CC(=O)Nc3ccc(F)cc3F)c3ccccc32)c1. The van der Waals surface area contributed by atoms with Crippen molar-refractivity contribution in [1.29, 1.82) is 0 Å². The van der Waals surface area contributed by atoms with Crippen LogP contribution in [0.15, 0.2) is 66.7 Å². The lowest BCUT2D eigenvalue weighted by Crippen LogP contribution is -2.44. The number of rotatable bonds is 4. The number of halogens is 2. The lowest BCUT2D eigenvalue weighted by atomic mass is 9.87. The van der Waals surface area contributed by atoms with E-state index in [0.29, 0.717) is 22.9 Å². The Morgan fingerprint density at radius 2 is 1.83 bits per heavy atom. The largest absolute Gasteiger partial charge is 0.372 e. The van der Waals surface area contributed by atoms with E-state index in [2.05, 4.69) is 5.32 Å². The molecule has 5 nitrogen and oxygen atoms in total. The Kier molecular flexibility index (Phi) is 4.83. The second-order valence-electron chi connectivity index (χ2n) is 7.16. The highest BCUT2D eigenvalue weighted by Crippen LogP contribution is 2.44. The van der Waals surface area contributed by atoms with E-state index in [9.17, 15) is 23.5 Å². The van der Waals surface area contributed by atoms with Crippen molar-refractivity contribution in [3.8, 4) is 0 Å². The summed E-state index contributed by atoms with van der Waals surface area (Å²) in [5, 5.41) is 13.8. The molecule has 1 unspecified atom stereocenters. The average Bonchev–Trinajstić information content (AvgIpc) is 2.93. The van der Waals surface area contributed by atoms with Crippen molar-refractivity contribution in [3.63, 3.8) is 0 Å². The van der Waals surface area contributed by atoms with Crippen LogP contribution in [0, 0.1) is 18.6 Å². The maximum atomic E-state index is 13.8. The van der Waals surface area contributed by atoms with Gasteiger partial charge in [0.1, 0.15) is 18.2 Å². The minimum absolute atomic E-state index is 0.199. The Morgan fingerprint density at radius 3 is 2.57 bits per heavy atom.